The molecule has 0 spiro atoms. The summed E-state index contributed by atoms with van der Waals surface area (Å²) in [5, 5.41) is 10.5. The molecule has 0 bridgehead atoms. The minimum absolute atomic E-state index is 0.640. The van der Waals surface area contributed by atoms with Gasteiger partial charge < -0.3 is 9.80 Å². The number of benzene rings is 1. The van der Waals surface area contributed by atoms with Gasteiger partial charge in [-0.05, 0) is 37.3 Å². The van der Waals surface area contributed by atoms with Gasteiger partial charge in [-0.1, -0.05) is 11.6 Å². The summed E-state index contributed by atoms with van der Waals surface area (Å²) in [6.07, 6.45) is 3.63. The summed E-state index contributed by atoms with van der Waals surface area (Å²) in [7, 11) is 0. The van der Waals surface area contributed by atoms with Crippen LogP contribution in [0, 0.1) is 18.3 Å². The monoisotopic (exact) mass is 329 g/mol. The Bertz CT molecular complexity index is 952. The highest BCUT2D eigenvalue weighted by Crippen LogP contribution is 2.28. The average molecular weight is 329 g/mol. The molecule has 0 saturated carbocycles. The number of hydrogen-bond acceptors (Lipinski definition) is 5. The number of pyridine rings is 2. The third kappa shape index (κ3) is 2.87. The molecule has 25 heavy (non-hydrogen) atoms. The second-order valence-corrected chi connectivity index (χ2v) is 6.31. The lowest BCUT2D eigenvalue weighted by Crippen LogP contribution is -2.47. The van der Waals surface area contributed by atoms with Gasteiger partial charge in [0.25, 0.3) is 0 Å². The summed E-state index contributed by atoms with van der Waals surface area (Å²) in [6.45, 7) is 5.60. The molecule has 0 atom stereocenters. The number of anilines is 2. The quantitative estimate of drug-likeness (QED) is 0.723. The minimum atomic E-state index is 0.640. The van der Waals surface area contributed by atoms with E-state index >= 15 is 0 Å². The molecule has 4 rings (SSSR count). The van der Waals surface area contributed by atoms with Crippen LogP contribution >= 0.6 is 0 Å². The van der Waals surface area contributed by atoms with Crippen LogP contribution in [0.5, 0.6) is 0 Å². The van der Waals surface area contributed by atoms with E-state index in [-0.39, 0.29) is 0 Å². The van der Waals surface area contributed by atoms with Crippen LogP contribution in [-0.2, 0) is 0 Å². The standard InChI is InChI=1S/C20H19N5/c1-15-4-5-18-17(13-15)19(6-8-22-18)24-9-11-25(12-10-24)20-16(14-21)3-2-7-23-20/h2-8,13H,9-12H2,1H3. The van der Waals surface area contributed by atoms with Gasteiger partial charge in [-0.25, -0.2) is 4.98 Å². The van der Waals surface area contributed by atoms with E-state index in [2.05, 4.69) is 57.0 Å². The highest BCUT2D eigenvalue weighted by Gasteiger charge is 2.21. The zero-order chi connectivity index (χ0) is 17.2. The van der Waals surface area contributed by atoms with E-state index in [0.717, 1.165) is 37.5 Å². The maximum Gasteiger partial charge on any atom is 0.146 e. The first kappa shape index (κ1) is 15.4. The Morgan fingerprint density at radius 1 is 0.960 bits per heavy atom. The minimum Gasteiger partial charge on any atom is -0.367 e. The van der Waals surface area contributed by atoms with Crippen molar-refractivity contribution in [1.82, 2.24) is 9.97 Å². The van der Waals surface area contributed by atoms with E-state index in [1.165, 1.54) is 16.6 Å². The van der Waals surface area contributed by atoms with Crippen molar-refractivity contribution in [3.63, 3.8) is 0 Å². The van der Waals surface area contributed by atoms with E-state index in [9.17, 15) is 5.26 Å². The smallest absolute Gasteiger partial charge is 0.146 e. The second kappa shape index (κ2) is 6.40. The molecule has 2 aromatic heterocycles. The van der Waals surface area contributed by atoms with Crippen molar-refractivity contribution < 1.29 is 0 Å². The molecule has 3 heterocycles. The number of aryl methyl sites for hydroxylation is 1. The van der Waals surface area contributed by atoms with Gasteiger partial charge in [-0.15, -0.1) is 0 Å². The maximum absolute atomic E-state index is 9.29. The van der Waals surface area contributed by atoms with E-state index in [1.807, 2.05) is 18.3 Å². The first-order valence-corrected chi connectivity index (χ1v) is 8.46. The van der Waals surface area contributed by atoms with Crippen molar-refractivity contribution in [2.75, 3.05) is 36.0 Å². The highest BCUT2D eigenvalue weighted by atomic mass is 15.3. The van der Waals surface area contributed by atoms with E-state index < -0.39 is 0 Å². The molecule has 124 valence electrons. The zero-order valence-corrected chi connectivity index (χ0v) is 14.2. The van der Waals surface area contributed by atoms with Crippen LogP contribution in [0.1, 0.15) is 11.1 Å². The van der Waals surface area contributed by atoms with E-state index in [1.54, 1.807) is 6.20 Å². The fourth-order valence-electron chi connectivity index (χ4n) is 3.42. The van der Waals surface area contributed by atoms with Gasteiger partial charge in [0, 0.05) is 49.6 Å². The third-order valence-corrected chi connectivity index (χ3v) is 4.70. The first-order valence-electron chi connectivity index (χ1n) is 8.46. The Labute approximate surface area is 147 Å². The number of piperazine rings is 1. The Hall–Kier alpha value is -3.13. The molecule has 1 aliphatic heterocycles. The molecule has 0 aliphatic carbocycles. The van der Waals surface area contributed by atoms with Crippen molar-refractivity contribution in [2.24, 2.45) is 0 Å². The van der Waals surface area contributed by atoms with Crippen LogP contribution in [0.2, 0.25) is 0 Å². The van der Waals surface area contributed by atoms with Crippen molar-refractivity contribution in [2.45, 2.75) is 6.92 Å². The molecule has 0 unspecified atom stereocenters. The van der Waals surface area contributed by atoms with Crippen molar-refractivity contribution in [3.05, 3.63) is 59.9 Å². The molecule has 3 aromatic rings. The zero-order valence-electron chi connectivity index (χ0n) is 14.2. The van der Waals surface area contributed by atoms with Gasteiger partial charge in [-0.2, -0.15) is 5.26 Å². The number of fused-ring (bicyclic) bond motifs is 1. The fourth-order valence-corrected chi connectivity index (χ4v) is 3.42. The highest BCUT2D eigenvalue weighted by molar-refractivity contribution is 5.92. The molecule has 1 aliphatic rings. The normalized spacial score (nSPS) is 14.6. The van der Waals surface area contributed by atoms with Gasteiger partial charge in [0.1, 0.15) is 11.9 Å². The Morgan fingerprint density at radius 2 is 1.76 bits per heavy atom. The Balaban J connectivity index is 1.59. The molecule has 1 saturated heterocycles. The van der Waals surface area contributed by atoms with Crippen LogP contribution in [0.4, 0.5) is 11.5 Å². The average Bonchev–Trinajstić information content (AvgIpc) is 2.67. The van der Waals surface area contributed by atoms with Crippen LogP contribution in [-0.4, -0.2) is 36.1 Å². The van der Waals surface area contributed by atoms with Crippen LogP contribution in [0.15, 0.2) is 48.8 Å². The third-order valence-electron chi connectivity index (χ3n) is 4.70. The largest absolute Gasteiger partial charge is 0.367 e. The van der Waals surface area contributed by atoms with Gasteiger partial charge in [0.05, 0.1) is 11.1 Å². The van der Waals surface area contributed by atoms with E-state index in [4.69, 9.17) is 0 Å². The molecule has 0 radical (unpaired) electrons. The lowest BCUT2D eigenvalue weighted by molar-refractivity contribution is 0.648. The molecule has 5 nitrogen and oxygen atoms in total. The van der Waals surface area contributed by atoms with Gasteiger partial charge >= 0.3 is 0 Å². The molecule has 0 N–H and O–H groups in total. The lowest BCUT2D eigenvalue weighted by atomic mass is 10.1. The maximum atomic E-state index is 9.29. The molecule has 1 fully saturated rings. The number of aromatic nitrogens is 2. The molecule has 0 amide bonds. The Kier molecular flexibility index (Phi) is 3.95. The summed E-state index contributed by atoms with van der Waals surface area (Å²) in [5.41, 5.74) is 4.14. The fraction of sp³-hybridized carbons (Fsp3) is 0.250. The van der Waals surface area contributed by atoms with E-state index in [0.29, 0.717) is 5.56 Å². The molecular formula is C20H19N5. The van der Waals surface area contributed by atoms with Crippen LogP contribution in [0.25, 0.3) is 10.9 Å². The number of rotatable bonds is 2. The molecule has 1 aromatic carbocycles. The summed E-state index contributed by atoms with van der Waals surface area (Å²) in [4.78, 5) is 13.5. The number of nitriles is 1. The van der Waals surface area contributed by atoms with Gasteiger partial charge in [-0.3, -0.25) is 4.98 Å². The first-order chi connectivity index (χ1) is 12.3. The number of nitrogens with zero attached hydrogens (tertiary/aromatic N) is 5. The molecule has 5 heteroatoms. The van der Waals surface area contributed by atoms with Crippen molar-refractivity contribution in [1.29, 1.82) is 5.26 Å². The van der Waals surface area contributed by atoms with Crippen LogP contribution in [0.3, 0.4) is 0 Å². The van der Waals surface area contributed by atoms with Crippen molar-refractivity contribution >= 4 is 22.4 Å². The van der Waals surface area contributed by atoms with Gasteiger partial charge in [0.2, 0.25) is 0 Å². The predicted molar refractivity (Wildman–Crippen MR) is 99.9 cm³/mol. The predicted octanol–water partition coefficient (Wildman–Crippen LogP) is 3.14. The summed E-state index contributed by atoms with van der Waals surface area (Å²) < 4.78 is 0. The van der Waals surface area contributed by atoms with Gasteiger partial charge in [0.15, 0.2) is 0 Å². The summed E-state index contributed by atoms with van der Waals surface area (Å²) in [6, 6.07) is 14.4. The SMILES string of the molecule is Cc1ccc2nccc(N3CCN(c4ncccc4C#N)CC3)c2c1. The van der Waals surface area contributed by atoms with Crippen molar-refractivity contribution in [3.8, 4) is 6.07 Å². The number of hydrogen-bond donors (Lipinski definition) is 0. The lowest BCUT2D eigenvalue weighted by Gasteiger charge is -2.37. The Morgan fingerprint density at radius 3 is 2.56 bits per heavy atom. The molecular weight excluding hydrogens is 310 g/mol. The second-order valence-electron chi connectivity index (χ2n) is 6.31. The topological polar surface area (TPSA) is 56.1 Å². The summed E-state index contributed by atoms with van der Waals surface area (Å²) >= 11 is 0. The van der Waals surface area contributed by atoms with Crippen LogP contribution < -0.4 is 9.80 Å². The summed E-state index contributed by atoms with van der Waals surface area (Å²) in [5.74, 6) is 0.792.